The van der Waals surface area contributed by atoms with Crippen molar-refractivity contribution in [2.75, 3.05) is 26.3 Å². The Balaban J connectivity index is 1.41. The summed E-state index contributed by atoms with van der Waals surface area (Å²) in [6.07, 6.45) is 4.06. The monoisotopic (exact) mass is 804 g/mol. The van der Waals surface area contributed by atoms with Crippen LogP contribution < -0.4 is 10.6 Å². The molecule has 0 radical (unpaired) electrons. The lowest BCUT2D eigenvalue weighted by Crippen LogP contribution is -2.51. The highest BCUT2D eigenvalue weighted by molar-refractivity contribution is 7.15. The summed E-state index contributed by atoms with van der Waals surface area (Å²) in [4.78, 5) is 66.2. The molecule has 4 amide bonds. The molecule has 4 rings (SSSR count). The molecule has 0 bridgehead atoms. The van der Waals surface area contributed by atoms with Crippen molar-refractivity contribution in [1.82, 2.24) is 30.4 Å². The molecule has 0 saturated carbocycles. The van der Waals surface area contributed by atoms with Gasteiger partial charge in [0.1, 0.15) is 22.1 Å². The Kier molecular flexibility index (Phi) is 16.8. The van der Waals surface area contributed by atoms with Crippen LogP contribution in [-0.2, 0) is 32.2 Å². The topological polar surface area (TPSA) is 143 Å². The molecule has 2 unspecified atom stereocenters. The van der Waals surface area contributed by atoms with E-state index in [0.717, 1.165) is 54.9 Å². The molecule has 2 aromatic carbocycles. The minimum Gasteiger partial charge on any atom is -0.450 e. The lowest BCUT2D eigenvalue weighted by Gasteiger charge is -2.28. The van der Waals surface area contributed by atoms with Gasteiger partial charge in [-0.25, -0.2) is 19.6 Å². The summed E-state index contributed by atoms with van der Waals surface area (Å²) in [6, 6.07) is 15.3. The van der Waals surface area contributed by atoms with Crippen molar-refractivity contribution >= 4 is 46.7 Å². The van der Waals surface area contributed by atoms with E-state index < -0.39 is 24.3 Å². The number of carbonyl (C=O) groups is 4. The molecular weight excluding hydrogens is 749 g/mol. The normalized spacial score (nSPS) is 12.2. The maximum absolute atomic E-state index is 13.5. The summed E-state index contributed by atoms with van der Waals surface area (Å²) in [6.45, 7) is 17.4. The van der Waals surface area contributed by atoms with Crippen molar-refractivity contribution in [2.45, 2.75) is 93.4 Å². The number of alkyl carbamates (subject to hydrolysis) is 2. The van der Waals surface area contributed by atoms with Gasteiger partial charge < -0.3 is 29.9 Å². The van der Waals surface area contributed by atoms with Crippen molar-refractivity contribution < 1.29 is 28.7 Å². The Morgan fingerprint density at radius 3 is 1.23 bits per heavy atom. The second-order valence-corrected chi connectivity index (χ2v) is 16.3. The van der Waals surface area contributed by atoms with Gasteiger partial charge in [-0.1, -0.05) is 90.1 Å². The van der Waals surface area contributed by atoms with Gasteiger partial charge in [0, 0.05) is 25.5 Å². The van der Waals surface area contributed by atoms with Crippen LogP contribution in [0.5, 0.6) is 0 Å². The summed E-state index contributed by atoms with van der Waals surface area (Å²) in [5, 5.41) is 7.11. The number of nitrogens with one attached hydrogen (secondary N) is 2. The van der Waals surface area contributed by atoms with Gasteiger partial charge in [-0.2, -0.15) is 0 Å². The number of benzene rings is 2. The maximum Gasteiger partial charge on any atom is 0.407 e. The fraction of sp³-hybridized carbons (Fsp3) is 0.476. The highest BCUT2D eigenvalue weighted by atomic mass is 32.1. The van der Waals surface area contributed by atoms with E-state index in [2.05, 4.69) is 69.1 Å². The third-order valence-electron chi connectivity index (χ3n) is 9.00. The molecule has 0 spiro atoms. The number of thiazole rings is 2. The van der Waals surface area contributed by atoms with Crippen LogP contribution in [0.4, 0.5) is 9.59 Å². The van der Waals surface area contributed by atoms with Gasteiger partial charge in [0.25, 0.3) is 0 Å². The van der Waals surface area contributed by atoms with Gasteiger partial charge >= 0.3 is 12.2 Å². The van der Waals surface area contributed by atoms with Crippen LogP contribution in [-0.4, -0.2) is 82.2 Å². The van der Waals surface area contributed by atoms with Crippen LogP contribution in [0.15, 0.2) is 60.9 Å². The molecule has 2 aromatic heterocycles. The molecule has 0 aliphatic rings. The van der Waals surface area contributed by atoms with Gasteiger partial charge in [0.05, 0.1) is 36.1 Å². The Morgan fingerprint density at radius 2 is 0.929 bits per heavy atom. The van der Waals surface area contributed by atoms with Crippen LogP contribution in [0.25, 0.3) is 32.0 Å². The molecule has 4 aromatic rings. The minimum atomic E-state index is -0.688. The van der Waals surface area contributed by atoms with Gasteiger partial charge in [0.2, 0.25) is 11.8 Å². The number of ether oxygens (including phenoxy) is 2. The van der Waals surface area contributed by atoms with Crippen LogP contribution in [0.1, 0.15) is 78.2 Å². The minimum absolute atomic E-state index is 0.105. The molecule has 0 fully saturated rings. The number of rotatable bonds is 19. The van der Waals surface area contributed by atoms with Gasteiger partial charge in [-0.15, -0.1) is 22.7 Å². The van der Waals surface area contributed by atoms with Gasteiger partial charge in [-0.3, -0.25) is 9.59 Å². The Labute approximate surface area is 339 Å². The van der Waals surface area contributed by atoms with Crippen molar-refractivity contribution in [3.05, 3.63) is 70.9 Å². The van der Waals surface area contributed by atoms with Gasteiger partial charge in [0.15, 0.2) is 0 Å². The zero-order chi connectivity index (χ0) is 40.8. The summed E-state index contributed by atoms with van der Waals surface area (Å²) < 4.78 is 10.1. The number of hydrogen-bond donors (Lipinski definition) is 2. The first-order valence-corrected chi connectivity index (χ1v) is 21.1. The van der Waals surface area contributed by atoms with Crippen molar-refractivity contribution in [3.8, 4) is 32.0 Å². The average molecular weight is 805 g/mol. The van der Waals surface area contributed by atoms with E-state index in [0.29, 0.717) is 26.2 Å². The molecule has 2 heterocycles. The molecule has 0 aliphatic heterocycles. The fourth-order valence-electron chi connectivity index (χ4n) is 6.11. The van der Waals surface area contributed by atoms with Crippen LogP contribution in [0.3, 0.4) is 0 Å². The summed E-state index contributed by atoms with van der Waals surface area (Å²) in [5.41, 5.74) is 4.23. The molecule has 56 heavy (non-hydrogen) atoms. The van der Waals surface area contributed by atoms with E-state index in [1.807, 2.05) is 53.9 Å². The molecule has 2 N–H and O–H groups in total. The van der Waals surface area contributed by atoms with Crippen LogP contribution >= 0.6 is 22.7 Å². The number of carbonyl (C=O) groups excluding carboxylic acids is 4. The highest BCUT2D eigenvalue weighted by Gasteiger charge is 2.31. The number of nitrogens with zero attached hydrogens (tertiary/aromatic N) is 4. The van der Waals surface area contributed by atoms with E-state index in [4.69, 9.17) is 9.47 Å². The second kappa shape index (κ2) is 21.5. The summed E-state index contributed by atoms with van der Waals surface area (Å²) in [5.74, 6) is -0.507. The second-order valence-electron chi connectivity index (χ2n) is 14.1. The molecule has 12 nitrogen and oxygen atoms in total. The maximum atomic E-state index is 13.5. The fourth-order valence-corrected chi connectivity index (χ4v) is 7.99. The SMILES string of the molecule is CCCN(Cc1ncc(-c2ccc(-c3ccc(-c4cnc(CN(CCC)C(=O)C(NC(=O)OCC)C(C)C)s4)cc3)cc2)s1)C(=O)C(NC(=O)OCC)C(C)C. The van der Waals surface area contributed by atoms with E-state index >= 15 is 0 Å². The Morgan fingerprint density at radius 1 is 0.589 bits per heavy atom. The number of amides is 4. The lowest BCUT2D eigenvalue weighted by molar-refractivity contribution is -0.135. The first-order chi connectivity index (χ1) is 26.9. The molecular formula is C42H56N6O6S2. The highest BCUT2D eigenvalue weighted by Crippen LogP contribution is 2.32. The lowest BCUT2D eigenvalue weighted by atomic mass is 10.0. The number of aromatic nitrogens is 2. The molecule has 14 heteroatoms. The third kappa shape index (κ3) is 12.1. The Bertz CT molecular complexity index is 1740. The van der Waals surface area contributed by atoms with E-state index in [1.54, 1.807) is 46.3 Å². The quantitative estimate of drug-likeness (QED) is 0.0960. The van der Waals surface area contributed by atoms with E-state index in [9.17, 15) is 19.2 Å². The molecule has 0 saturated heterocycles. The molecule has 302 valence electrons. The van der Waals surface area contributed by atoms with Crippen LogP contribution in [0, 0.1) is 11.8 Å². The largest absolute Gasteiger partial charge is 0.450 e. The zero-order valence-corrected chi connectivity index (χ0v) is 35.4. The average Bonchev–Trinajstić information content (AvgIpc) is 3.85. The standard InChI is InChI=1S/C42H56N6O6S2/c1-9-21-47(39(49)37(27(5)6)45-41(51)53-11-3)25-35-43-23-33(55-35)31-17-13-29(14-18-31)30-15-19-32(20-16-30)34-24-44-36(56-34)26-48(22-10-2)40(50)38(28(7)8)46-42(52)54-12-4/h13-20,23-24,27-28,37-38H,9-12,21-22,25-26H2,1-8H3,(H,45,51)(H,46,52). The van der Waals surface area contributed by atoms with Crippen molar-refractivity contribution in [1.29, 1.82) is 0 Å². The van der Waals surface area contributed by atoms with Gasteiger partial charge in [-0.05, 0) is 60.8 Å². The van der Waals surface area contributed by atoms with Crippen molar-refractivity contribution in [3.63, 3.8) is 0 Å². The predicted octanol–water partition coefficient (Wildman–Crippen LogP) is 8.62. The summed E-state index contributed by atoms with van der Waals surface area (Å²) >= 11 is 3.10. The number of hydrogen-bond acceptors (Lipinski definition) is 10. The smallest absolute Gasteiger partial charge is 0.407 e. The molecule has 0 aliphatic carbocycles. The van der Waals surface area contributed by atoms with Crippen molar-refractivity contribution in [2.24, 2.45) is 11.8 Å². The van der Waals surface area contributed by atoms with E-state index in [-0.39, 0.29) is 36.9 Å². The zero-order valence-electron chi connectivity index (χ0n) is 33.8. The summed E-state index contributed by atoms with van der Waals surface area (Å²) in [7, 11) is 0. The predicted molar refractivity (Wildman–Crippen MR) is 223 cm³/mol. The first kappa shape index (κ1) is 43.9. The Hall–Kier alpha value is -4.82. The third-order valence-corrected chi connectivity index (χ3v) is 11.1. The first-order valence-electron chi connectivity index (χ1n) is 19.4. The molecule has 2 atom stereocenters. The van der Waals surface area contributed by atoms with E-state index in [1.165, 1.54) is 0 Å². The van der Waals surface area contributed by atoms with Crippen LogP contribution in [0.2, 0.25) is 0 Å².